The maximum atomic E-state index is 6.15. The third-order valence-corrected chi connectivity index (χ3v) is 4.08. The Labute approximate surface area is 130 Å². The van der Waals surface area contributed by atoms with Gasteiger partial charge in [-0.05, 0) is 49.0 Å². The Hall–Kier alpha value is -1.71. The van der Waals surface area contributed by atoms with Crippen molar-refractivity contribution in [2.45, 2.75) is 6.54 Å². The lowest BCUT2D eigenvalue weighted by molar-refractivity contribution is 0.342. The van der Waals surface area contributed by atoms with Crippen molar-refractivity contribution in [2.24, 2.45) is 0 Å². The molecule has 110 valence electrons. The molecule has 0 spiro atoms. The predicted molar refractivity (Wildman–Crippen MR) is 87.8 cm³/mol. The van der Waals surface area contributed by atoms with E-state index < -0.39 is 0 Å². The van der Waals surface area contributed by atoms with Crippen LogP contribution >= 0.6 is 11.6 Å². The van der Waals surface area contributed by atoms with E-state index in [1.807, 2.05) is 24.3 Å². The second-order valence-corrected chi connectivity index (χ2v) is 5.80. The monoisotopic (exact) mass is 302 g/mol. The molecule has 4 heteroatoms. The Bertz CT molecular complexity index is 644. The first-order valence-corrected chi connectivity index (χ1v) is 7.44. The van der Waals surface area contributed by atoms with E-state index in [-0.39, 0.29) is 0 Å². The molecule has 1 aliphatic heterocycles. The Morgan fingerprint density at radius 1 is 1.10 bits per heavy atom. The summed E-state index contributed by atoms with van der Waals surface area (Å²) in [5, 5.41) is 0.764. The van der Waals surface area contributed by atoms with Gasteiger partial charge >= 0.3 is 0 Å². The molecule has 3 nitrogen and oxygen atoms in total. The van der Waals surface area contributed by atoms with E-state index in [2.05, 4.69) is 35.0 Å². The van der Waals surface area contributed by atoms with E-state index in [0.717, 1.165) is 36.1 Å². The number of likely N-dealkylation sites (N-methyl/N-ethyl adjacent to an activating group) is 1. The van der Waals surface area contributed by atoms with Crippen LogP contribution in [0, 0.1) is 0 Å². The van der Waals surface area contributed by atoms with Crippen molar-refractivity contribution in [1.82, 2.24) is 4.90 Å². The van der Waals surface area contributed by atoms with Crippen molar-refractivity contribution in [2.75, 3.05) is 32.1 Å². The molecule has 0 fully saturated rings. The summed E-state index contributed by atoms with van der Waals surface area (Å²) >= 11 is 6.15. The normalized spacial score (nSPS) is 15.5. The molecule has 0 N–H and O–H groups in total. The van der Waals surface area contributed by atoms with E-state index in [0.29, 0.717) is 0 Å². The molecule has 0 aliphatic carbocycles. The number of ether oxygens (including phenoxy) is 1. The van der Waals surface area contributed by atoms with Gasteiger partial charge in [-0.2, -0.15) is 0 Å². The number of fused-ring (bicyclic) bond motifs is 1. The maximum absolute atomic E-state index is 6.15. The van der Waals surface area contributed by atoms with Crippen molar-refractivity contribution < 1.29 is 4.74 Å². The topological polar surface area (TPSA) is 15.7 Å². The Kier molecular flexibility index (Phi) is 4.04. The van der Waals surface area contributed by atoms with Crippen LogP contribution in [0.15, 0.2) is 42.5 Å². The van der Waals surface area contributed by atoms with Crippen molar-refractivity contribution >= 4 is 23.0 Å². The second kappa shape index (κ2) is 5.96. The van der Waals surface area contributed by atoms with Gasteiger partial charge in [-0.25, -0.2) is 0 Å². The van der Waals surface area contributed by atoms with Gasteiger partial charge in [0, 0.05) is 36.0 Å². The van der Waals surface area contributed by atoms with Gasteiger partial charge in [-0.3, -0.25) is 0 Å². The largest absolute Gasteiger partial charge is 0.497 e. The number of rotatable bonds is 2. The van der Waals surface area contributed by atoms with Gasteiger partial charge in [0.1, 0.15) is 5.75 Å². The van der Waals surface area contributed by atoms with E-state index in [9.17, 15) is 0 Å². The van der Waals surface area contributed by atoms with Crippen LogP contribution in [0.5, 0.6) is 5.75 Å². The standard InChI is InChI=1S/C17H19ClN2O/c1-19-8-9-20(15-5-3-4-14(18)11-15)17-7-6-16(21-2)10-13(17)12-19/h3-7,10-11H,8-9,12H2,1-2H3. The number of anilines is 2. The molecule has 0 unspecified atom stereocenters. The van der Waals surface area contributed by atoms with Crippen LogP contribution in [0.2, 0.25) is 5.02 Å². The number of benzene rings is 2. The molecule has 0 atom stereocenters. The van der Waals surface area contributed by atoms with Crippen molar-refractivity contribution in [3.05, 3.63) is 53.1 Å². The summed E-state index contributed by atoms with van der Waals surface area (Å²) in [6.45, 7) is 2.86. The first kappa shape index (κ1) is 14.2. The summed E-state index contributed by atoms with van der Waals surface area (Å²) in [6, 6.07) is 14.3. The Morgan fingerprint density at radius 2 is 1.95 bits per heavy atom. The minimum absolute atomic E-state index is 0.764. The Balaban J connectivity index is 2.07. The first-order valence-electron chi connectivity index (χ1n) is 7.06. The number of nitrogens with zero attached hydrogens (tertiary/aromatic N) is 2. The van der Waals surface area contributed by atoms with Gasteiger partial charge < -0.3 is 14.5 Å². The molecule has 3 rings (SSSR count). The second-order valence-electron chi connectivity index (χ2n) is 5.36. The van der Waals surface area contributed by atoms with E-state index in [1.165, 1.54) is 11.3 Å². The zero-order chi connectivity index (χ0) is 14.8. The summed E-state index contributed by atoms with van der Waals surface area (Å²) < 4.78 is 5.36. The average Bonchev–Trinajstić information content (AvgIpc) is 2.64. The zero-order valence-corrected chi connectivity index (χ0v) is 13.1. The highest BCUT2D eigenvalue weighted by Gasteiger charge is 2.19. The highest BCUT2D eigenvalue weighted by molar-refractivity contribution is 6.30. The molecule has 21 heavy (non-hydrogen) atoms. The lowest BCUT2D eigenvalue weighted by Crippen LogP contribution is -2.26. The van der Waals surface area contributed by atoms with Gasteiger partial charge in [-0.1, -0.05) is 17.7 Å². The Morgan fingerprint density at radius 3 is 2.71 bits per heavy atom. The maximum Gasteiger partial charge on any atom is 0.119 e. The highest BCUT2D eigenvalue weighted by Crippen LogP contribution is 2.34. The summed E-state index contributed by atoms with van der Waals surface area (Å²) in [7, 11) is 3.85. The van der Waals surface area contributed by atoms with Gasteiger partial charge in [0.25, 0.3) is 0 Å². The van der Waals surface area contributed by atoms with E-state index in [1.54, 1.807) is 7.11 Å². The zero-order valence-electron chi connectivity index (χ0n) is 12.3. The highest BCUT2D eigenvalue weighted by atomic mass is 35.5. The third-order valence-electron chi connectivity index (χ3n) is 3.84. The van der Waals surface area contributed by atoms with Crippen LogP contribution in [0.4, 0.5) is 11.4 Å². The lowest BCUT2D eigenvalue weighted by atomic mass is 10.1. The summed E-state index contributed by atoms with van der Waals surface area (Å²) in [5.74, 6) is 0.898. The molecule has 0 radical (unpaired) electrons. The molecule has 0 amide bonds. The van der Waals surface area contributed by atoms with Gasteiger partial charge in [0.05, 0.1) is 7.11 Å². The van der Waals surface area contributed by atoms with Gasteiger partial charge in [0.2, 0.25) is 0 Å². The van der Waals surface area contributed by atoms with Gasteiger partial charge in [0.15, 0.2) is 0 Å². The summed E-state index contributed by atoms with van der Waals surface area (Å²) in [6.07, 6.45) is 0. The summed E-state index contributed by atoms with van der Waals surface area (Å²) in [5.41, 5.74) is 3.63. The molecule has 2 aromatic rings. The SMILES string of the molecule is COc1ccc2c(c1)CN(C)CCN2c1cccc(Cl)c1. The molecule has 0 bridgehead atoms. The van der Waals surface area contributed by atoms with Crippen LogP contribution in [0.3, 0.4) is 0 Å². The molecular weight excluding hydrogens is 284 g/mol. The number of methoxy groups -OCH3 is 1. The third kappa shape index (κ3) is 2.99. The number of halogens is 1. The minimum Gasteiger partial charge on any atom is -0.497 e. The van der Waals surface area contributed by atoms with E-state index in [4.69, 9.17) is 16.3 Å². The molecule has 1 heterocycles. The van der Waals surface area contributed by atoms with Crippen molar-refractivity contribution in [1.29, 1.82) is 0 Å². The fourth-order valence-electron chi connectivity index (χ4n) is 2.75. The molecule has 2 aromatic carbocycles. The van der Waals surface area contributed by atoms with Crippen LogP contribution < -0.4 is 9.64 Å². The fourth-order valence-corrected chi connectivity index (χ4v) is 2.94. The van der Waals surface area contributed by atoms with E-state index >= 15 is 0 Å². The van der Waals surface area contributed by atoms with Crippen LogP contribution in [0.1, 0.15) is 5.56 Å². The number of hydrogen-bond acceptors (Lipinski definition) is 3. The molecular formula is C17H19ClN2O. The fraction of sp³-hybridized carbons (Fsp3) is 0.294. The lowest BCUT2D eigenvalue weighted by Gasteiger charge is -2.25. The van der Waals surface area contributed by atoms with Crippen LogP contribution in [0.25, 0.3) is 0 Å². The van der Waals surface area contributed by atoms with Crippen molar-refractivity contribution in [3.8, 4) is 5.75 Å². The van der Waals surface area contributed by atoms with Crippen LogP contribution in [-0.2, 0) is 6.54 Å². The molecule has 0 saturated heterocycles. The molecule has 0 saturated carbocycles. The quantitative estimate of drug-likeness (QED) is 0.836. The van der Waals surface area contributed by atoms with Gasteiger partial charge in [-0.15, -0.1) is 0 Å². The smallest absolute Gasteiger partial charge is 0.119 e. The average molecular weight is 303 g/mol. The van der Waals surface area contributed by atoms with Crippen LogP contribution in [-0.4, -0.2) is 32.1 Å². The molecule has 1 aliphatic rings. The van der Waals surface area contributed by atoms with Crippen molar-refractivity contribution in [3.63, 3.8) is 0 Å². The number of hydrogen-bond donors (Lipinski definition) is 0. The predicted octanol–water partition coefficient (Wildman–Crippen LogP) is 3.93. The summed E-state index contributed by atoms with van der Waals surface area (Å²) in [4.78, 5) is 4.65. The molecule has 0 aromatic heterocycles. The minimum atomic E-state index is 0.764. The first-order chi connectivity index (χ1) is 10.2.